The number of urea groups is 1. The van der Waals surface area contributed by atoms with Crippen LogP contribution in [0.5, 0.6) is 0 Å². The molecule has 2 amide bonds. The van der Waals surface area contributed by atoms with Crippen LogP contribution in [-0.2, 0) is 4.74 Å². The molecule has 5 N–H and O–H groups in total. The van der Waals surface area contributed by atoms with E-state index < -0.39 is 37.2 Å². The first-order chi connectivity index (χ1) is 8.04. The summed E-state index contributed by atoms with van der Waals surface area (Å²) in [5.74, 6) is 0.234. The summed E-state index contributed by atoms with van der Waals surface area (Å²) >= 11 is 0. The summed E-state index contributed by atoms with van der Waals surface area (Å²) in [6.07, 6.45) is -3.98. The van der Waals surface area contributed by atoms with Crippen LogP contribution >= 0.6 is 0 Å². The number of aliphatic hydroxyl groups is 3. The monoisotopic (exact) mass is 245 g/mol. The molecule has 2 aliphatic rings. The Balaban J connectivity index is 2.11. The van der Waals surface area contributed by atoms with Crippen molar-refractivity contribution in [1.82, 2.24) is 4.90 Å². The van der Waals surface area contributed by atoms with Crippen molar-refractivity contribution in [1.29, 1.82) is 0 Å². The fourth-order valence-corrected chi connectivity index (χ4v) is 1.95. The lowest BCUT2D eigenvalue weighted by molar-refractivity contribution is -0.0780. The highest BCUT2D eigenvalue weighted by Crippen LogP contribution is 2.25. The Hall–Kier alpha value is -1.22. The molecule has 2 rings (SSSR count). The minimum Gasteiger partial charge on any atom is -0.394 e. The van der Waals surface area contributed by atoms with Gasteiger partial charge in [0.1, 0.15) is 24.1 Å². The van der Waals surface area contributed by atoms with E-state index in [9.17, 15) is 15.0 Å². The maximum atomic E-state index is 11.6. The molecule has 1 fully saturated rings. The number of nitrogens with zero attached hydrogens (tertiary/aromatic N) is 2. The zero-order valence-electron chi connectivity index (χ0n) is 9.06. The smallest absolute Gasteiger partial charge is 0.347 e. The molecule has 8 nitrogen and oxygen atoms in total. The molecular formula is C9H15N3O5. The van der Waals surface area contributed by atoms with E-state index in [1.807, 2.05) is 0 Å². The van der Waals surface area contributed by atoms with Crippen molar-refractivity contribution in [3.8, 4) is 0 Å². The van der Waals surface area contributed by atoms with Crippen LogP contribution in [0.15, 0.2) is 4.99 Å². The number of aliphatic hydroxyl groups excluding tert-OH is 3. The Morgan fingerprint density at radius 2 is 2.18 bits per heavy atom. The fraction of sp³-hybridized carbons (Fsp3) is 0.778. The molecule has 8 heteroatoms. The summed E-state index contributed by atoms with van der Waals surface area (Å²) in [7, 11) is 0. The minimum absolute atomic E-state index is 0.234. The zero-order valence-corrected chi connectivity index (χ0v) is 9.06. The third-order valence-electron chi connectivity index (χ3n) is 2.92. The molecule has 1 unspecified atom stereocenters. The van der Waals surface area contributed by atoms with Crippen LogP contribution in [0.1, 0.15) is 6.42 Å². The predicted octanol–water partition coefficient (Wildman–Crippen LogP) is -2.39. The van der Waals surface area contributed by atoms with E-state index in [2.05, 4.69) is 4.99 Å². The Bertz CT molecular complexity index is 348. The van der Waals surface area contributed by atoms with Gasteiger partial charge in [0.15, 0.2) is 6.23 Å². The highest BCUT2D eigenvalue weighted by atomic mass is 16.6. The molecule has 0 spiro atoms. The van der Waals surface area contributed by atoms with E-state index in [4.69, 9.17) is 15.6 Å². The summed E-state index contributed by atoms with van der Waals surface area (Å²) in [4.78, 5) is 16.3. The van der Waals surface area contributed by atoms with Gasteiger partial charge in [-0.25, -0.2) is 4.79 Å². The third-order valence-corrected chi connectivity index (χ3v) is 2.92. The number of hydrogen-bond donors (Lipinski definition) is 4. The van der Waals surface area contributed by atoms with Crippen molar-refractivity contribution in [2.24, 2.45) is 10.7 Å². The lowest BCUT2D eigenvalue weighted by atomic mass is 10.1. The quantitative estimate of drug-likeness (QED) is 0.429. The van der Waals surface area contributed by atoms with Gasteiger partial charge in [-0.05, 0) is 0 Å². The average molecular weight is 245 g/mol. The Kier molecular flexibility index (Phi) is 3.29. The Morgan fingerprint density at radius 3 is 2.71 bits per heavy atom. The maximum Gasteiger partial charge on any atom is 0.347 e. The maximum absolute atomic E-state index is 11.6. The van der Waals surface area contributed by atoms with E-state index in [-0.39, 0.29) is 12.4 Å². The van der Waals surface area contributed by atoms with Crippen LogP contribution in [0.25, 0.3) is 0 Å². The average Bonchev–Trinajstić information content (AvgIpc) is 2.57. The molecule has 0 saturated carbocycles. The SMILES string of the molecule is NC1=NC(=O)N([C@@H]2O[C@H](CO)C(O)[C@@H]2O)CC1. The van der Waals surface area contributed by atoms with E-state index in [0.29, 0.717) is 6.42 Å². The van der Waals surface area contributed by atoms with Gasteiger partial charge in [-0.2, -0.15) is 4.99 Å². The van der Waals surface area contributed by atoms with Crippen LogP contribution < -0.4 is 5.73 Å². The number of amidine groups is 1. The number of amides is 2. The molecule has 0 aromatic heterocycles. The molecule has 17 heavy (non-hydrogen) atoms. The second-order valence-corrected chi connectivity index (χ2v) is 4.06. The second kappa shape index (κ2) is 4.57. The molecule has 0 radical (unpaired) electrons. The lowest BCUT2D eigenvalue weighted by Crippen LogP contribution is -2.49. The molecule has 0 bridgehead atoms. The Labute approximate surface area is 97.3 Å². The molecule has 2 aliphatic heterocycles. The number of aliphatic imine (C=N–C) groups is 1. The molecule has 1 saturated heterocycles. The van der Waals surface area contributed by atoms with E-state index in [0.717, 1.165) is 0 Å². The number of rotatable bonds is 2. The first-order valence-corrected chi connectivity index (χ1v) is 5.30. The van der Waals surface area contributed by atoms with Crippen LogP contribution in [-0.4, -0.2) is 69.8 Å². The summed E-state index contributed by atoms with van der Waals surface area (Å²) in [5.41, 5.74) is 5.41. The van der Waals surface area contributed by atoms with Crippen LogP contribution in [0.4, 0.5) is 4.79 Å². The highest BCUT2D eigenvalue weighted by molar-refractivity contribution is 5.95. The number of nitrogens with two attached hydrogens (primary N) is 1. The highest BCUT2D eigenvalue weighted by Gasteiger charge is 2.47. The summed E-state index contributed by atoms with van der Waals surface area (Å²) < 4.78 is 5.23. The van der Waals surface area contributed by atoms with Gasteiger partial charge < -0.3 is 25.8 Å². The number of hydrogen-bond acceptors (Lipinski definition) is 6. The van der Waals surface area contributed by atoms with E-state index >= 15 is 0 Å². The largest absolute Gasteiger partial charge is 0.394 e. The van der Waals surface area contributed by atoms with Gasteiger partial charge in [0.2, 0.25) is 0 Å². The second-order valence-electron chi connectivity index (χ2n) is 4.06. The van der Waals surface area contributed by atoms with Crippen LogP contribution in [0.3, 0.4) is 0 Å². The van der Waals surface area contributed by atoms with E-state index in [1.54, 1.807) is 0 Å². The molecule has 4 atom stereocenters. The number of carbonyl (C=O) groups is 1. The molecule has 96 valence electrons. The van der Waals surface area contributed by atoms with Crippen molar-refractivity contribution in [3.05, 3.63) is 0 Å². The number of ether oxygens (including phenoxy) is 1. The topological polar surface area (TPSA) is 129 Å². The Morgan fingerprint density at radius 1 is 1.47 bits per heavy atom. The van der Waals surface area contributed by atoms with Crippen molar-refractivity contribution >= 4 is 11.9 Å². The summed E-state index contributed by atoms with van der Waals surface area (Å²) in [6.45, 7) is -0.164. The summed E-state index contributed by atoms with van der Waals surface area (Å²) in [6, 6.07) is -0.608. The molecule has 0 aliphatic carbocycles. The van der Waals surface area contributed by atoms with Gasteiger partial charge in [-0.3, -0.25) is 4.90 Å². The van der Waals surface area contributed by atoms with Gasteiger partial charge in [0.05, 0.1) is 6.61 Å². The van der Waals surface area contributed by atoms with Gasteiger partial charge in [0.25, 0.3) is 0 Å². The predicted molar refractivity (Wildman–Crippen MR) is 56.1 cm³/mol. The third kappa shape index (κ3) is 2.12. The van der Waals surface area contributed by atoms with E-state index in [1.165, 1.54) is 4.90 Å². The van der Waals surface area contributed by atoms with Gasteiger partial charge in [0, 0.05) is 13.0 Å². The van der Waals surface area contributed by atoms with Crippen LogP contribution in [0, 0.1) is 0 Å². The molecule has 0 aromatic carbocycles. The fourth-order valence-electron chi connectivity index (χ4n) is 1.95. The van der Waals surface area contributed by atoms with Crippen molar-refractivity contribution < 1.29 is 24.9 Å². The standard InChI is InChI=1S/C9H15N3O5/c10-5-1-2-12(9(16)11-5)8-7(15)6(14)4(3-13)17-8/h4,6-8,13-15H,1-3H2,(H2,10,11,16)/t4-,6?,7+,8-/m1/s1. The van der Waals surface area contributed by atoms with Gasteiger partial charge in [-0.1, -0.05) is 0 Å². The van der Waals surface area contributed by atoms with Gasteiger partial charge in [-0.15, -0.1) is 0 Å². The lowest BCUT2D eigenvalue weighted by Gasteiger charge is -2.30. The van der Waals surface area contributed by atoms with Crippen molar-refractivity contribution in [3.63, 3.8) is 0 Å². The zero-order chi connectivity index (χ0) is 12.6. The van der Waals surface area contributed by atoms with Crippen molar-refractivity contribution in [2.45, 2.75) is 31.0 Å². The van der Waals surface area contributed by atoms with Gasteiger partial charge >= 0.3 is 6.03 Å². The first-order valence-electron chi connectivity index (χ1n) is 5.30. The first kappa shape index (κ1) is 12.2. The minimum atomic E-state index is -1.26. The van der Waals surface area contributed by atoms with Crippen LogP contribution in [0.2, 0.25) is 0 Å². The van der Waals surface area contributed by atoms with Crippen molar-refractivity contribution in [2.75, 3.05) is 13.2 Å². The summed E-state index contributed by atoms with van der Waals surface area (Å²) in [5, 5.41) is 28.2. The molecule has 0 aromatic rings. The number of carbonyl (C=O) groups excluding carboxylic acids is 1. The molecular weight excluding hydrogens is 230 g/mol. The normalized spacial score (nSPS) is 38.4. The molecule has 2 heterocycles.